The monoisotopic (exact) mass is 329 g/mol. The zero-order valence-corrected chi connectivity index (χ0v) is 13.8. The lowest BCUT2D eigenvalue weighted by atomic mass is 9.90. The molecular weight excluding hydrogens is 310 g/mol. The molecule has 2 N–H and O–H groups in total. The highest BCUT2D eigenvalue weighted by molar-refractivity contribution is 7.89. The van der Waals surface area contributed by atoms with E-state index >= 15 is 0 Å². The molecule has 21 heavy (non-hydrogen) atoms. The van der Waals surface area contributed by atoms with Crippen LogP contribution in [0.25, 0.3) is 0 Å². The third kappa shape index (κ3) is 3.22. The van der Waals surface area contributed by atoms with Crippen LogP contribution in [0.3, 0.4) is 0 Å². The molecule has 1 aromatic carbocycles. The van der Waals surface area contributed by atoms with Crippen molar-refractivity contribution in [3.05, 3.63) is 29.3 Å². The largest absolute Gasteiger partial charge is 0.330 e. The number of nitriles is 1. The van der Waals surface area contributed by atoms with E-state index in [4.69, 9.17) is 5.73 Å². The second-order valence-corrected chi connectivity index (χ2v) is 7.57. The van der Waals surface area contributed by atoms with Gasteiger partial charge in [0.15, 0.2) is 0 Å². The SMILES string of the molecule is Cc1cccc(S(=O)(=O)N2CCC(C)(CN)C2)c1C#N.Cl. The number of benzene rings is 1. The van der Waals surface area contributed by atoms with Crippen LogP contribution in [0.2, 0.25) is 0 Å². The highest BCUT2D eigenvalue weighted by Gasteiger charge is 2.39. The van der Waals surface area contributed by atoms with Crippen molar-refractivity contribution >= 4 is 22.4 Å². The predicted octanol–water partition coefficient (Wildman–Crippen LogP) is 1.65. The quantitative estimate of drug-likeness (QED) is 0.913. The van der Waals surface area contributed by atoms with Crippen molar-refractivity contribution in [2.75, 3.05) is 19.6 Å². The van der Waals surface area contributed by atoms with Gasteiger partial charge in [0, 0.05) is 13.1 Å². The Balaban J connectivity index is 0.00000220. The van der Waals surface area contributed by atoms with E-state index in [0.29, 0.717) is 25.2 Å². The molecule has 0 amide bonds. The van der Waals surface area contributed by atoms with Gasteiger partial charge in [-0.25, -0.2) is 8.42 Å². The number of nitrogens with zero attached hydrogens (tertiary/aromatic N) is 2. The van der Waals surface area contributed by atoms with Crippen LogP contribution < -0.4 is 5.73 Å². The van der Waals surface area contributed by atoms with Crippen molar-refractivity contribution in [3.8, 4) is 6.07 Å². The van der Waals surface area contributed by atoms with Crippen molar-refractivity contribution in [2.24, 2.45) is 11.1 Å². The van der Waals surface area contributed by atoms with Crippen LogP contribution in [0.15, 0.2) is 23.1 Å². The normalized spacial score (nSPS) is 22.6. The van der Waals surface area contributed by atoms with Crippen molar-refractivity contribution in [1.29, 1.82) is 5.26 Å². The fourth-order valence-electron chi connectivity index (χ4n) is 2.49. The number of halogens is 1. The molecule has 0 saturated carbocycles. The summed E-state index contributed by atoms with van der Waals surface area (Å²) in [5.74, 6) is 0. The van der Waals surface area contributed by atoms with Gasteiger partial charge < -0.3 is 5.73 Å². The van der Waals surface area contributed by atoms with Crippen LogP contribution in [0.4, 0.5) is 0 Å². The first-order chi connectivity index (χ1) is 9.34. The van der Waals surface area contributed by atoms with Gasteiger partial charge in [0.25, 0.3) is 0 Å². The maximum Gasteiger partial charge on any atom is 0.244 e. The molecule has 1 aliphatic rings. The molecule has 7 heteroatoms. The maximum absolute atomic E-state index is 12.7. The molecule has 0 aliphatic carbocycles. The molecule has 1 saturated heterocycles. The van der Waals surface area contributed by atoms with Crippen molar-refractivity contribution in [1.82, 2.24) is 4.31 Å². The molecule has 1 atom stereocenters. The van der Waals surface area contributed by atoms with Gasteiger partial charge in [-0.05, 0) is 36.9 Å². The molecule has 0 aromatic heterocycles. The molecule has 0 bridgehead atoms. The Morgan fingerprint density at radius 3 is 2.67 bits per heavy atom. The summed E-state index contributed by atoms with van der Waals surface area (Å²) in [6.07, 6.45) is 0.746. The Bertz CT molecular complexity index is 669. The predicted molar refractivity (Wildman–Crippen MR) is 83.7 cm³/mol. The Labute approximate surface area is 132 Å². The van der Waals surface area contributed by atoms with Crippen LogP contribution in [0, 0.1) is 23.7 Å². The first kappa shape index (κ1) is 17.9. The summed E-state index contributed by atoms with van der Waals surface area (Å²) >= 11 is 0. The van der Waals surface area contributed by atoms with Gasteiger partial charge in [0.05, 0.1) is 5.56 Å². The summed E-state index contributed by atoms with van der Waals surface area (Å²) in [6, 6.07) is 6.91. The van der Waals surface area contributed by atoms with Crippen LogP contribution in [0.1, 0.15) is 24.5 Å². The van der Waals surface area contributed by atoms with Gasteiger partial charge in [0.1, 0.15) is 11.0 Å². The summed E-state index contributed by atoms with van der Waals surface area (Å²) in [7, 11) is -3.63. The van der Waals surface area contributed by atoms with Gasteiger partial charge in [0.2, 0.25) is 10.0 Å². The number of hydrogen-bond acceptors (Lipinski definition) is 4. The minimum atomic E-state index is -3.63. The summed E-state index contributed by atoms with van der Waals surface area (Å²) in [5, 5.41) is 9.20. The molecule has 1 aromatic rings. The first-order valence-corrected chi connectivity index (χ1v) is 7.98. The first-order valence-electron chi connectivity index (χ1n) is 6.54. The fraction of sp³-hybridized carbons (Fsp3) is 0.500. The van der Waals surface area contributed by atoms with Crippen LogP contribution >= 0.6 is 12.4 Å². The summed E-state index contributed by atoms with van der Waals surface area (Å²) in [6.45, 7) is 5.05. The van der Waals surface area contributed by atoms with E-state index < -0.39 is 10.0 Å². The van der Waals surface area contributed by atoms with E-state index in [1.807, 2.05) is 13.0 Å². The maximum atomic E-state index is 12.7. The highest BCUT2D eigenvalue weighted by atomic mass is 35.5. The van der Waals surface area contributed by atoms with Crippen molar-refractivity contribution < 1.29 is 8.42 Å². The van der Waals surface area contributed by atoms with Gasteiger partial charge in [-0.3, -0.25) is 0 Å². The van der Waals surface area contributed by atoms with E-state index in [1.54, 1.807) is 19.1 Å². The number of aryl methyl sites for hydroxylation is 1. The van der Waals surface area contributed by atoms with Gasteiger partial charge in [-0.15, -0.1) is 12.4 Å². The fourth-order valence-corrected chi connectivity index (χ4v) is 4.29. The lowest BCUT2D eigenvalue weighted by molar-refractivity contribution is 0.349. The Hall–Kier alpha value is -1.13. The van der Waals surface area contributed by atoms with E-state index in [2.05, 4.69) is 0 Å². The number of nitrogens with two attached hydrogens (primary N) is 1. The lowest BCUT2D eigenvalue weighted by Crippen LogP contribution is -2.34. The van der Waals surface area contributed by atoms with Crippen molar-refractivity contribution in [2.45, 2.75) is 25.2 Å². The van der Waals surface area contributed by atoms with E-state index in [1.165, 1.54) is 10.4 Å². The molecule has 0 radical (unpaired) electrons. The molecule has 116 valence electrons. The number of hydrogen-bond donors (Lipinski definition) is 1. The molecule has 1 fully saturated rings. The highest BCUT2D eigenvalue weighted by Crippen LogP contribution is 2.33. The molecule has 1 aliphatic heterocycles. The van der Waals surface area contributed by atoms with Crippen LogP contribution in [-0.4, -0.2) is 32.4 Å². The number of sulfonamides is 1. The molecule has 1 heterocycles. The van der Waals surface area contributed by atoms with Gasteiger partial charge in [-0.1, -0.05) is 19.1 Å². The van der Waals surface area contributed by atoms with Gasteiger partial charge in [-0.2, -0.15) is 9.57 Å². The summed E-state index contributed by atoms with van der Waals surface area (Å²) < 4.78 is 26.8. The zero-order chi connectivity index (χ0) is 15.0. The molecular formula is C14H20ClN3O2S. The van der Waals surface area contributed by atoms with Crippen LogP contribution in [0.5, 0.6) is 0 Å². The number of rotatable bonds is 3. The minimum Gasteiger partial charge on any atom is -0.330 e. The molecule has 2 rings (SSSR count). The average Bonchev–Trinajstić information content (AvgIpc) is 2.82. The third-order valence-electron chi connectivity index (χ3n) is 3.98. The zero-order valence-electron chi connectivity index (χ0n) is 12.2. The molecule has 5 nitrogen and oxygen atoms in total. The third-order valence-corrected chi connectivity index (χ3v) is 5.87. The topological polar surface area (TPSA) is 87.2 Å². The lowest BCUT2D eigenvalue weighted by Gasteiger charge is -2.22. The second-order valence-electron chi connectivity index (χ2n) is 5.66. The summed E-state index contributed by atoms with van der Waals surface area (Å²) in [5.41, 5.74) is 6.45. The smallest absolute Gasteiger partial charge is 0.244 e. The second kappa shape index (κ2) is 6.32. The van der Waals surface area contributed by atoms with E-state index in [9.17, 15) is 13.7 Å². The Morgan fingerprint density at radius 2 is 2.14 bits per heavy atom. The Kier molecular flexibility index (Phi) is 5.40. The summed E-state index contributed by atoms with van der Waals surface area (Å²) in [4.78, 5) is 0.0984. The molecule has 0 spiro atoms. The average molecular weight is 330 g/mol. The van der Waals surface area contributed by atoms with E-state index in [-0.39, 0.29) is 28.3 Å². The minimum absolute atomic E-state index is 0. The van der Waals surface area contributed by atoms with Crippen LogP contribution in [-0.2, 0) is 10.0 Å². The molecule has 1 unspecified atom stereocenters. The Morgan fingerprint density at radius 1 is 1.48 bits per heavy atom. The standard InChI is InChI=1S/C14H19N3O2S.ClH/c1-11-4-3-5-13(12(11)8-15)20(18,19)17-7-6-14(2,9-16)10-17;/h3-5H,6-7,9-10,16H2,1-2H3;1H. The van der Waals surface area contributed by atoms with E-state index in [0.717, 1.165) is 6.42 Å². The van der Waals surface area contributed by atoms with Crippen molar-refractivity contribution in [3.63, 3.8) is 0 Å². The van der Waals surface area contributed by atoms with Gasteiger partial charge >= 0.3 is 0 Å².